The SMILES string of the molecule is NCCN1CC(c2ccc(C(F)(F)F)cc2)CNC1=O. The number of nitrogens with two attached hydrogens (primary N) is 1. The van der Waals surface area contributed by atoms with Crippen LogP contribution in [0.25, 0.3) is 0 Å². The van der Waals surface area contributed by atoms with Gasteiger partial charge in [0.25, 0.3) is 0 Å². The first-order valence-corrected chi connectivity index (χ1v) is 6.32. The molecular weight excluding hydrogens is 271 g/mol. The number of carbonyl (C=O) groups is 1. The lowest BCUT2D eigenvalue weighted by Gasteiger charge is -2.33. The minimum atomic E-state index is -4.33. The summed E-state index contributed by atoms with van der Waals surface area (Å²) in [5, 5.41) is 2.72. The van der Waals surface area contributed by atoms with Crippen LogP contribution in [0, 0.1) is 0 Å². The maximum Gasteiger partial charge on any atom is 0.416 e. The molecule has 110 valence electrons. The molecule has 0 radical (unpaired) electrons. The van der Waals surface area contributed by atoms with E-state index in [2.05, 4.69) is 5.32 Å². The number of rotatable bonds is 3. The number of nitrogens with one attached hydrogen (secondary N) is 1. The van der Waals surface area contributed by atoms with E-state index >= 15 is 0 Å². The highest BCUT2D eigenvalue weighted by Crippen LogP contribution is 2.30. The zero-order chi connectivity index (χ0) is 14.8. The number of amides is 2. The van der Waals surface area contributed by atoms with Gasteiger partial charge < -0.3 is 16.0 Å². The van der Waals surface area contributed by atoms with Crippen LogP contribution in [0.2, 0.25) is 0 Å². The van der Waals surface area contributed by atoms with Crippen molar-refractivity contribution in [1.82, 2.24) is 10.2 Å². The number of carbonyl (C=O) groups excluding carboxylic acids is 1. The second-order valence-electron chi connectivity index (χ2n) is 4.74. The first-order valence-electron chi connectivity index (χ1n) is 6.32. The van der Waals surface area contributed by atoms with Crippen LogP contribution >= 0.6 is 0 Å². The summed E-state index contributed by atoms with van der Waals surface area (Å²) in [4.78, 5) is 13.1. The fourth-order valence-electron chi connectivity index (χ4n) is 2.25. The van der Waals surface area contributed by atoms with E-state index in [0.29, 0.717) is 26.2 Å². The van der Waals surface area contributed by atoms with Crippen molar-refractivity contribution in [3.63, 3.8) is 0 Å². The van der Waals surface area contributed by atoms with Gasteiger partial charge in [-0.2, -0.15) is 13.2 Å². The second-order valence-corrected chi connectivity index (χ2v) is 4.74. The summed E-state index contributed by atoms with van der Waals surface area (Å²) >= 11 is 0. The lowest BCUT2D eigenvalue weighted by atomic mass is 9.96. The third-order valence-corrected chi connectivity index (χ3v) is 3.34. The number of hydrogen-bond donors (Lipinski definition) is 2. The molecule has 1 fully saturated rings. The Bertz CT molecular complexity index is 473. The molecule has 0 bridgehead atoms. The van der Waals surface area contributed by atoms with E-state index in [-0.39, 0.29) is 11.9 Å². The molecular formula is C13H16F3N3O. The number of halogens is 3. The molecule has 20 heavy (non-hydrogen) atoms. The summed E-state index contributed by atoms with van der Waals surface area (Å²) in [5.41, 5.74) is 5.54. The van der Waals surface area contributed by atoms with Gasteiger partial charge in [-0.1, -0.05) is 12.1 Å². The van der Waals surface area contributed by atoms with E-state index in [1.54, 1.807) is 4.90 Å². The molecule has 7 heteroatoms. The third kappa shape index (κ3) is 3.22. The lowest BCUT2D eigenvalue weighted by Crippen LogP contribution is -2.51. The van der Waals surface area contributed by atoms with E-state index in [1.165, 1.54) is 12.1 Å². The van der Waals surface area contributed by atoms with E-state index in [1.807, 2.05) is 0 Å². The van der Waals surface area contributed by atoms with E-state index in [9.17, 15) is 18.0 Å². The molecule has 2 amide bonds. The van der Waals surface area contributed by atoms with Crippen LogP contribution in [-0.2, 0) is 6.18 Å². The van der Waals surface area contributed by atoms with Crippen LogP contribution in [0.1, 0.15) is 17.0 Å². The maximum absolute atomic E-state index is 12.5. The first kappa shape index (κ1) is 14.6. The van der Waals surface area contributed by atoms with Gasteiger partial charge in [-0.25, -0.2) is 4.79 Å². The minimum absolute atomic E-state index is 0.0264. The van der Waals surface area contributed by atoms with E-state index in [4.69, 9.17) is 5.73 Å². The Kier molecular flexibility index (Phi) is 4.17. The molecule has 0 saturated carbocycles. The molecule has 1 atom stereocenters. The topological polar surface area (TPSA) is 58.4 Å². The number of hydrogen-bond acceptors (Lipinski definition) is 2. The molecule has 1 aliphatic rings. The number of alkyl halides is 3. The third-order valence-electron chi connectivity index (χ3n) is 3.34. The van der Waals surface area contributed by atoms with Crippen LogP contribution in [0.5, 0.6) is 0 Å². The Labute approximate surface area is 114 Å². The largest absolute Gasteiger partial charge is 0.416 e. The Morgan fingerprint density at radius 3 is 2.50 bits per heavy atom. The van der Waals surface area contributed by atoms with Crippen molar-refractivity contribution in [3.8, 4) is 0 Å². The van der Waals surface area contributed by atoms with Crippen molar-refractivity contribution in [3.05, 3.63) is 35.4 Å². The Hall–Kier alpha value is -1.76. The molecule has 0 aromatic heterocycles. The Balaban J connectivity index is 2.10. The fourth-order valence-corrected chi connectivity index (χ4v) is 2.25. The van der Waals surface area contributed by atoms with E-state index in [0.717, 1.165) is 17.7 Å². The van der Waals surface area contributed by atoms with E-state index < -0.39 is 11.7 Å². The van der Waals surface area contributed by atoms with Gasteiger partial charge in [0, 0.05) is 32.1 Å². The summed E-state index contributed by atoms with van der Waals surface area (Å²) < 4.78 is 37.5. The zero-order valence-corrected chi connectivity index (χ0v) is 10.8. The van der Waals surface area contributed by atoms with Gasteiger partial charge in [0.15, 0.2) is 0 Å². The van der Waals surface area contributed by atoms with Gasteiger partial charge in [0.2, 0.25) is 0 Å². The molecule has 1 unspecified atom stereocenters. The average molecular weight is 287 g/mol. The summed E-state index contributed by atoms with van der Waals surface area (Å²) in [6.45, 7) is 1.68. The van der Waals surface area contributed by atoms with Crippen LogP contribution in [0.4, 0.5) is 18.0 Å². The molecule has 0 aliphatic carbocycles. The van der Waals surface area contributed by atoms with Gasteiger partial charge in [0.1, 0.15) is 0 Å². The van der Waals surface area contributed by atoms with Crippen molar-refractivity contribution < 1.29 is 18.0 Å². The van der Waals surface area contributed by atoms with Gasteiger partial charge in [0.05, 0.1) is 5.56 Å². The normalized spacial score (nSPS) is 19.9. The van der Waals surface area contributed by atoms with Crippen LogP contribution in [-0.4, -0.2) is 37.1 Å². The van der Waals surface area contributed by atoms with Crippen molar-refractivity contribution in [2.45, 2.75) is 12.1 Å². The Morgan fingerprint density at radius 2 is 1.95 bits per heavy atom. The predicted molar refractivity (Wildman–Crippen MR) is 68.2 cm³/mol. The molecule has 1 aliphatic heterocycles. The molecule has 1 aromatic carbocycles. The zero-order valence-electron chi connectivity index (χ0n) is 10.8. The van der Waals surface area contributed by atoms with Crippen molar-refractivity contribution in [1.29, 1.82) is 0 Å². The molecule has 4 nitrogen and oxygen atoms in total. The van der Waals surface area contributed by atoms with Crippen molar-refractivity contribution >= 4 is 6.03 Å². The quantitative estimate of drug-likeness (QED) is 0.890. The fraction of sp³-hybridized carbons (Fsp3) is 0.462. The predicted octanol–water partition coefficient (Wildman–Crippen LogP) is 1.77. The molecule has 1 heterocycles. The average Bonchev–Trinajstić information content (AvgIpc) is 2.41. The maximum atomic E-state index is 12.5. The first-order chi connectivity index (χ1) is 9.41. The second kappa shape index (κ2) is 5.70. The van der Waals surface area contributed by atoms with Crippen LogP contribution in [0.15, 0.2) is 24.3 Å². The summed E-state index contributed by atoms with van der Waals surface area (Å²) in [7, 11) is 0. The van der Waals surface area contributed by atoms with Gasteiger partial charge in [-0.05, 0) is 17.7 Å². The van der Waals surface area contributed by atoms with Gasteiger partial charge >= 0.3 is 12.2 Å². The van der Waals surface area contributed by atoms with Crippen molar-refractivity contribution in [2.24, 2.45) is 5.73 Å². The van der Waals surface area contributed by atoms with Crippen molar-refractivity contribution in [2.75, 3.05) is 26.2 Å². The number of benzene rings is 1. The molecule has 0 spiro atoms. The standard InChI is InChI=1S/C13H16F3N3O/c14-13(15,16)11-3-1-9(2-4-11)10-7-18-12(20)19(8-10)6-5-17/h1-4,10H,5-8,17H2,(H,18,20). The number of urea groups is 1. The molecule has 3 N–H and O–H groups in total. The highest BCUT2D eigenvalue weighted by atomic mass is 19.4. The lowest BCUT2D eigenvalue weighted by molar-refractivity contribution is -0.137. The smallest absolute Gasteiger partial charge is 0.337 e. The van der Waals surface area contributed by atoms with Crippen LogP contribution in [0.3, 0.4) is 0 Å². The molecule has 1 saturated heterocycles. The highest BCUT2D eigenvalue weighted by molar-refractivity contribution is 5.75. The van der Waals surface area contributed by atoms with Gasteiger partial charge in [-0.15, -0.1) is 0 Å². The highest BCUT2D eigenvalue weighted by Gasteiger charge is 2.31. The summed E-state index contributed by atoms with van der Waals surface area (Å²) in [5.74, 6) is -0.0264. The Morgan fingerprint density at radius 1 is 1.30 bits per heavy atom. The monoisotopic (exact) mass is 287 g/mol. The molecule has 2 rings (SSSR count). The minimum Gasteiger partial charge on any atom is -0.337 e. The van der Waals surface area contributed by atoms with Gasteiger partial charge in [-0.3, -0.25) is 0 Å². The van der Waals surface area contributed by atoms with Crippen LogP contribution < -0.4 is 11.1 Å². The summed E-state index contributed by atoms with van der Waals surface area (Å²) in [6.07, 6.45) is -4.33. The number of nitrogens with zero attached hydrogens (tertiary/aromatic N) is 1. The molecule has 1 aromatic rings. The summed E-state index contributed by atoms with van der Waals surface area (Å²) in [6, 6.07) is 4.88.